The molecule has 1 amide bonds. The summed E-state index contributed by atoms with van der Waals surface area (Å²) in [7, 11) is 0. The van der Waals surface area contributed by atoms with Gasteiger partial charge in [0, 0.05) is 19.5 Å². The molecule has 0 fully saturated rings. The standard InChI is InChI=1S/C12H21NO/c1-10(2)4-5-12(14)13-8-6-11(3)7-9-13/h6,10H,4-5,7-9H2,1-3H3. The van der Waals surface area contributed by atoms with Gasteiger partial charge in [0.05, 0.1) is 0 Å². The summed E-state index contributed by atoms with van der Waals surface area (Å²) in [5.41, 5.74) is 1.41. The van der Waals surface area contributed by atoms with Crippen LogP contribution in [0.25, 0.3) is 0 Å². The minimum atomic E-state index is 0.322. The van der Waals surface area contributed by atoms with Crippen molar-refractivity contribution in [3.63, 3.8) is 0 Å². The molecule has 0 aromatic carbocycles. The van der Waals surface area contributed by atoms with E-state index in [2.05, 4.69) is 26.8 Å². The van der Waals surface area contributed by atoms with Crippen molar-refractivity contribution in [1.82, 2.24) is 4.90 Å². The molecule has 2 nitrogen and oxygen atoms in total. The van der Waals surface area contributed by atoms with Gasteiger partial charge in [-0.2, -0.15) is 0 Å². The minimum absolute atomic E-state index is 0.322. The highest BCUT2D eigenvalue weighted by molar-refractivity contribution is 5.76. The summed E-state index contributed by atoms with van der Waals surface area (Å²) in [5.74, 6) is 0.948. The predicted octanol–water partition coefficient (Wildman–Crippen LogP) is 2.60. The Labute approximate surface area is 87.0 Å². The van der Waals surface area contributed by atoms with Gasteiger partial charge >= 0.3 is 0 Å². The molecule has 0 spiro atoms. The SMILES string of the molecule is CC1=CCN(C(=O)CCC(C)C)CC1. The molecule has 1 aliphatic heterocycles. The van der Waals surface area contributed by atoms with Gasteiger partial charge in [-0.05, 0) is 25.7 Å². The van der Waals surface area contributed by atoms with Crippen molar-refractivity contribution in [2.24, 2.45) is 5.92 Å². The van der Waals surface area contributed by atoms with E-state index in [1.807, 2.05) is 4.90 Å². The lowest BCUT2D eigenvalue weighted by Gasteiger charge is -2.25. The van der Waals surface area contributed by atoms with Gasteiger partial charge in [0.15, 0.2) is 0 Å². The van der Waals surface area contributed by atoms with Crippen LogP contribution in [0.2, 0.25) is 0 Å². The highest BCUT2D eigenvalue weighted by atomic mass is 16.2. The van der Waals surface area contributed by atoms with Crippen molar-refractivity contribution < 1.29 is 4.79 Å². The Morgan fingerprint density at radius 1 is 1.57 bits per heavy atom. The fraction of sp³-hybridized carbons (Fsp3) is 0.750. The molecule has 0 aromatic rings. The highest BCUT2D eigenvalue weighted by Crippen LogP contribution is 2.12. The Balaban J connectivity index is 2.32. The fourth-order valence-corrected chi connectivity index (χ4v) is 1.57. The van der Waals surface area contributed by atoms with Crippen molar-refractivity contribution in [3.8, 4) is 0 Å². The zero-order valence-corrected chi connectivity index (χ0v) is 9.55. The Bertz CT molecular complexity index is 230. The molecule has 14 heavy (non-hydrogen) atoms. The van der Waals surface area contributed by atoms with E-state index < -0.39 is 0 Å². The maximum Gasteiger partial charge on any atom is 0.222 e. The molecule has 1 rings (SSSR count). The maximum atomic E-state index is 11.7. The van der Waals surface area contributed by atoms with Crippen LogP contribution in [-0.2, 0) is 4.79 Å². The molecule has 1 aliphatic rings. The Kier molecular flexibility index (Phi) is 4.18. The van der Waals surface area contributed by atoms with Gasteiger partial charge < -0.3 is 4.90 Å². The van der Waals surface area contributed by atoms with E-state index in [1.165, 1.54) is 5.57 Å². The Hall–Kier alpha value is -0.790. The van der Waals surface area contributed by atoms with Gasteiger partial charge in [0.2, 0.25) is 5.91 Å². The van der Waals surface area contributed by atoms with Gasteiger partial charge in [0.25, 0.3) is 0 Å². The van der Waals surface area contributed by atoms with Gasteiger partial charge in [0.1, 0.15) is 0 Å². The number of hydrogen-bond acceptors (Lipinski definition) is 1. The zero-order chi connectivity index (χ0) is 10.6. The van der Waals surface area contributed by atoms with Crippen LogP contribution in [0.5, 0.6) is 0 Å². The summed E-state index contributed by atoms with van der Waals surface area (Å²) in [5, 5.41) is 0. The maximum absolute atomic E-state index is 11.7. The second-order valence-electron chi connectivity index (χ2n) is 4.57. The lowest BCUT2D eigenvalue weighted by Crippen LogP contribution is -2.34. The first-order valence-electron chi connectivity index (χ1n) is 5.53. The molecule has 0 unspecified atom stereocenters. The third kappa shape index (κ3) is 3.52. The summed E-state index contributed by atoms with van der Waals surface area (Å²) in [4.78, 5) is 13.7. The third-order valence-corrected chi connectivity index (χ3v) is 2.72. The molecule has 0 aromatic heterocycles. The van der Waals surface area contributed by atoms with E-state index >= 15 is 0 Å². The first-order valence-corrected chi connectivity index (χ1v) is 5.53. The van der Waals surface area contributed by atoms with Crippen LogP contribution in [0, 0.1) is 5.92 Å². The average Bonchev–Trinajstić information content (AvgIpc) is 2.15. The Morgan fingerprint density at radius 3 is 2.79 bits per heavy atom. The number of rotatable bonds is 3. The van der Waals surface area contributed by atoms with E-state index in [1.54, 1.807) is 0 Å². The number of nitrogens with zero attached hydrogens (tertiary/aromatic N) is 1. The summed E-state index contributed by atoms with van der Waals surface area (Å²) < 4.78 is 0. The Morgan fingerprint density at radius 2 is 2.29 bits per heavy atom. The molecule has 0 saturated carbocycles. The van der Waals surface area contributed by atoms with Crippen molar-refractivity contribution in [1.29, 1.82) is 0 Å². The summed E-state index contributed by atoms with van der Waals surface area (Å²) in [6.45, 7) is 8.19. The summed E-state index contributed by atoms with van der Waals surface area (Å²) >= 11 is 0. The van der Waals surface area contributed by atoms with E-state index in [-0.39, 0.29) is 0 Å². The molecule has 0 atom stereocenters. The fourth-order valence-electron chi connectivity index (χ4n) is 1.57. The molecule has 0 N–H and O–H groups in total. The normalized spacial score (nSPS) is 17.1. The largest absolute Gasteiger partial charge is 0.339 e. The number of carbonyl (C=O) groups is 1. The zero-order valence-electron chi connectivity index (χ0n) is 9.55. The molecule has 0 bridgehead atoms. The van der Waals surface area contributed by atoms with E-state index in [9.17, 15) is 4.79 Å². The number of amides is 1. The van der Waals surface area contributed by atoms with Crippen molar-refractivity contribution in [2.45, 2.75) is 40.0 Å². The first kappa shape index (κ1) is 11.3. The number of hydrogen-bond donors (Lipinski definition) is 0. The molecular weight excluding hydrogens is 174 g/mol. The second kappa shape index (κ2) is 5.18. The summed E-state index contributed by atoms with van der Waals surface area (Å²) in [6.07, 6.45) is 4.94. The molecule has 80 valence electrons. The molecule has 1 heterocycles. The van der Waals surface area contributed by atoms with Crippen LogP contribution < -0.4 is 0 Å². The van der Waals surface area contributed by atoms with E-state index in [0.29, 0.717) is 18.2 Å². The smallest absolute Gasteiger partial charge is 0.222 e. The lowest BCUT2D eigenvalue weighted by atomic mass is 10.1. The lowest BCUT2D eigenvalue weighted by molar-refractivity contribution is -0.131. The quantitative estimate of drug-likeness (QED) is 0.634. The van der Waals surface area contributed by atoms with Crippen LogP contribution in [-0.4, -0.2) is 23.9 Å². The average molecular weight is 195 g/mol. The third-order valence-electron chi connectivity index (χ3n) is 2.72. The van der Waals surface area contributed by atoms with Gasteiger partial charge in [-0.3, -0.25) is 4.79 Å². The summed E-state index contributed by atoms with van der Waals surface area (Å²) in [6, 6.07) is 0. The van der Waals surface area contributed by atoms with Crippen LogP contribution in [0.3, 0.4) is 0 Å². The molecule has 0 saturated heterocycles. The van der Waals surface area contributed by atoms with Crippen molar-refractivity contribution in [2.75, 3.05) is 13.1 Å². The van der Waals surface area contributed by atoms with Crippen molar-refractivity contribution in [3.05, 3.63) is 11.6 Å². The molecule has 0 radical (unpaired) electrons. The van der Waals surface area contributed by atoms with Crippen LogP contribution in [0.1, 0.15) is 40.0 Å². The van der Waals surface area contributed by atoms with Crippen LogP contribution >= 0.6 is 0 Å². The van der Waals surface area contributed by atoms with Crippen molar-refractivity contribution >= 4 is 5.91 Å². The molecular formula is C12H21NO. The van der Waals surface area contributed by atoms with E-state index in [0.717, 1.165) is 25.9 Å². The molecule has 0 aliphatic carbocycles. The second-order valence-corrected chi connectivity index (χ2v) is 4.57. The topological polar surface area (TPSA) is 20.3 Å². The monoisotopic (exact) mass is 195 g/mol. The minimum Gasteiger partial charge on any atom is -0.339 e. The van der Waals surface area contributed by atoms with E-state index in [4.69, 9.17) is 0 Å². The first-order chi connectivity index (χ1) is 6.59. The number of carbonyl (C=O) groups excluding carboxylic acids is 1. The van der Waals surface area contributed by atoms with Crippen LogP contribution in [0.15, 0.2) is 11.6 Å². The highest BCUT2D eigenvalue weighted by Gasteiger charge is 2.15. The molecule has 2 heteroatoms. The van der Waals surface area contributed by atoms with Gasteiger partial charge in [-0.15, -0.1) is 0 Å². The van der Waals surface area contributed by atoms with Crippen LogP contribution in [0.4, 0.5) is 0 Å². The van der Waals surface area contributed by atoms with Gasteiger partial charge in [-0.25, -0.2) is 0 Å². The predicted molar refractivity (Wildman–Crippen MR) is 59.0 cm³/mol. The van der Waals surface area contributed by atoms with Gasteiger partial charge in [-0.1, -0.05) is 25.5 Å².